The summed E-state index contributed by atoms with van der Waals surface area (Å²) in [6.07, 6.45) is 2.13. The molecule has 3 nitrogen and oxygen atoms in total. The number of H-pyrrole nitrogens is 1. The minimum absolute atomic E-state index is 0.286. The van der Waals surface area contributed by atoms with Crippen molar-refractivity contribution in [1.82, 2.24) is 4.98 Å². The predicted octanol–water partition coefficient (Wildman–Crippen LogP) is 3.67. The van der Waals surface area contributed by atoms with E-state index in [0.29, 0.717) is 0 Å². The molecule has 0 fully saturated rings. The molecule has 3 heteroatoms. The highest BCUT2D eigenvalue weighted by Gasteiger charge is 2.15. The zero-order valence-electron chi connectivity index (χ0n) is 12.4. The van der Waals surface area contributed by atoms with Crippen LogP contribution in [-0.2, 0) is 6.54 Å². The standard InChI is InChI=1S/C19H16N2O/c1-13-19-17(16-8-7-15(22)11-18(16)20-19)9-10-21(13)12-14-5-3-2-4-6-14/h2-11H,12H2,1H3,(H,20,22)/p+1. The maximum Gasteiger partial charge on any atom is 0.202 e. The summed E-state index contributed by atoms with van der Waals surface area (Å²) in [5.74, 6) is 0.286. The number of aryl methyl sites for hydroxylation is 1. The molecule has 2 heterocycles. The third kappa shape index (κ3) is 2.02. The lowest BCUT2D eigenvalue weighted by molar-refractivity contribution is -0.693. The summed E-state index contributed by atoms with van der Waals surface area (Å²) in [5.41, 5.74) is 4.57. The van der Waals surface area contributed by atoms with Gasteiger partial charge in [0.05, 0.1) is 5.52 Å². The van der Waals surface area contributed by atoms with Gasteiger partial charge in [0.25, 0.3) is 0 Å². The van der Waals surface area contributed by atoms with Crippen LogP contribution in [0.5, 0.6) is 5.75 Å². The van der Waals surface area contributed by atoms with Crippen LogP contribution in [0.3, 0.4) is 0 Å². The van der Waals surface area contributed by atoms with Crippen molar-refractivity contribution in [1.29, 1.82) is 0 Å². The van der Waals surface area contributed by atoms with Gasteiger partial charge in [-0.2, -0.15) is 4.57 Å². The lowest BCUT2D eigenvalue weighted by atomic mass is 10.1. The number of phenols is 1. The number of rotatable bonds is 2. The number of nitrogens with zero attached hydrogens (tertiary/aromatic N) is 1. The average molecular weight is 289 g/mol. The molecule has 0 amide bonds. The predicted molar refractivity (Wildman–Crippen MR) is 87.9 cm³/mol. The van der Waals surface area contributed by atoms with E-state index in [9.17, 15) is 5.11 Å². The van der Waals surface area contributed by atoms with Crippen LogP contribution in [0.1, 0.15) is 11.3 Å². The Morgan fingerprint density at radius 3 is 2.64 bits per heavy atom. The molecule has 4 rings (SSSR count). The number of fused-ring (bicyclic) bond motifs is 3. The monoisotopic (exact) mass is 289 g/mol. The second-order valence-corrected chi connectivity index (χ2v) is 5.66. The molecule has 0 saturated carbocycles. The smallest absolute Gasteiger partial charge is 0.202 e. The van der Waals surface area contributed by atoms with Crippen LogP contribution >= 0.6 is 0 Å². The Balaban J connectivity index is 1.88. The Labute approximate surface area is 128 Å². The molecule has 4 aromatic rings. The van der Waals surface area contributed by atoms with Gasteiger partial charge in [-0.25, -0.2) is 0 Å². The minimum atomic E-state index is 0.286. The second kappa shape index (κ2) is 4.88. The first-order chi connectivity index (χ1) is 10.7. The highest BCUT2D eigenvalue weighted by molar-refractivity contribution is 6.07. The molecule has 0 atom stereocenters. The van der Waals surface area contributed by atoms with Crippen LogP contribution in [0.2, 0.25) is 0 Å². The van der Waals surface area contributed by atoms with Crippen LogP contribution < -0.4 is 4.57 Å². The van der Waals surface area contributed by atoms with Crippen LogP contribution in [0.15, 0.2) is 60.8 Å². The van der Waals surface area contributed by atoms with Crippen molar-refractivity contribution in [2.45, 2.75) is 13.5 Å². The summed E-state index contributed by atoms with van der Waals surface area (Å²) in [7, 11) is 0. The van der Waals surface area contributed by atoms with Gasteiger partial charge >= 0.3 is 0 Å². The molecule has 0 bridgehead atoms. The molecule has 0 saturated heterocycles. The maximum absolute atomic E-state index is 9.65. The van der Waals surface area contributed by atoms with Crippen molar-refractivity contribution in [3.8, 4) is 5.75 Å². The lowest BCUT2D eigenvalue weighted by Gasteiger charge is -2.02. The molecule has 2 N–H and O–H groups in total. The first-order valence-electron chi connectivity index (χ1n) is 7.40. The van der Waals surface area contributed by atoms with E-state index in [1.54, 1.807) is 12.1 Å². The molecule has 0 spiro atoms. The molecule has 108 valence electrons. The Hall–Kier alpha value is -2.81. The van der Waals surface area contributed by atoms with Gasteiger partial charge < -0.3 is 10.1 Å². The zero-order chi connectivity index (χ0) is 15.1. The number of phenolic OH excluding ortho intramolecular Hbond substituents is 1. The summed E-state index contributed by atoms with van der Waals surface area (Å²) >= 11 is 0. The van der Waals surface area contributed by atoms with E-state index in [-0.39, 0.29) is 5.75 Å². The summed E-state index contributed by atoms with van der Waals surface area (Å²) in [4.78, 5) is 3.43. The van der Waals surface area contributed by atoms with Gasteiger partial charge in [0, 0.05) is 35.4 Å². The topological polar surface area (TPSA) is 39.9 Å². The van der Waals surface area contributed by atoms with E-state index in [4.69, 9.17) is 0 Å². The highest BCUT2D eigenvalue weighted by atomic mass is 16.3. The number of benzene rings is 2. The quantitative estimate of drug-likeness (QED) is 0.543. The molecule has 0 unspecified atom stereocenters. The van der Waals surface area contributed by atoms with Gasteiger partial charge in [0.15, 0.2) is 12.7 Å². The van der Waals surface area contributed by atoms with Crippen molar-refractivity contribution in [3.63, 3.8) is 0 Å². The normalized spacial score (nSPS) is 11.3. The fourth-order valence-corrected chi connectivity index (χ4v) is 3.04. The van der Waals surface area contributed by atoms with E-state index in [1.165, 1.54) is 16.6 Å². The van der Waals surface area contributed by atoms with Gasteiger partial charge in [-0.3, -0.25) is 0 Å². The fraction of sp³-hybridized carbons (Fsp3) is 0.105. The molecule has 0 aliphatic heterocycles. The third-order valence-electron chi connectivity index (χ3n) is 4.23. The van der Waals surface area contributed by atoms with E-state index >= 15 is 0 Å². The van der Waals surface area contributed by atoms with Gasteiger partial charge in [-0.1, -0.05) is 30.3 Å². The molecule has 22 heavy (non-hydrogen) atoms. The number of hydrogen-bond donors (Lipinski definition) is 2. The second-order valence-electron chi connectivity index (χ2n) is 5.66. The Morgan fingerprint density at radius 1 is 1.00 bits per heavy atom. The van der Waals surface area contributed by atoms with Gasteiger partial charge in [-0.15, -0.1) is 0 Å². The van der Waals surface area contributed by atoms with E-state index < -0.39 is 0 Å². The van der Waals surface area contributed by atoms with Crippen LogP contribution in [0, 0.1) is 6.92 Å². The number of aromatic hydroxyl groups is 1. The molecule has 2 aromatic carbocycles. The molecular formula is C19H17N2O+. The first kappa shape index (κ1) is 12.9. The Morgan fingerprint density at radius 2 is 1.82 bits per heavy atom. The Kier molecular flexibility index (Phi) is 2.86. The number of hydrogen-bond acceptors (Lipinski definition) is 1. The average Bonchev–Trinajstić information content (AvgIpc) is 2.89. The summed E-state index contributed by atoms with van der Waals surface area (Å²) < 4.78 is 2.24. The molecule has 0 aliphatic carbocycles. The van der Waals surface area contributed by atoms with Crippen LogP contribution in [0.4, 0.5) is 0 Å². The summed E-state index contributed by atoms with van der Waals surface area (Å²) in [6, 6.07) is 18.1. The van der Waals surface area contributed by atoms with Gasteiger partial charge in [-0.05, 0) is 12.1 Å². The van der Waals surface area contributed by atoms with E-state index in [1.807, 2.05) is 12.1 Å². The van der Waals surface area contributed by atoms with Crippen molar-refractivity contribution in [3.05, 3.63) is 72.1 Å². The SMILES string of the molecule is Cc1c2[nH]c3cc(O)ccc3c2cc[n+]1Cc1ccccc1. The van der Waals surface area contributed by atoms with Crippen molar-refractivity contribution < 1.29 is 9.67 Å². The van der Waals surface area contributed by atoms with E-state index in [2.05, 4.69) is 53.0 Å². The molecule has 0 aliphatic rings. The largest absolute Gasteiger partial charge is 0.508 e. The van der Waals surface area contributed by atoms with Crippen molar-refractivity contribution >= 4 is 21.8 Å². The van der Waals surface area contributed by atoms with Gasteiger partial charge in [0.1, 0.15) is 11.3 Å². The van der Waals surface area contributed by atoms with Crippen molar-refractivity contribution in [2.75, 3.05) is 0 Å². The third-order valence-corrected chi connectivity index (χ3v) is 4.23. The fourth-order valence-electron chi connectivity index (χ4n) is 3.04. The zero-order valence-corrected chi connectivity index (χ0v) is 12.4. The van der Waals surface area contributed by atoms with Gasteiger partial charge in [0.2, 0.25) is 5.69 Å². The van der Waals surface area contributed by atoms with Crippen LogP contribution in [0.25, 0.3) is 21.8 Å². The summed E-state index contributed by atoms with van der Waals surface area (Å²) in [6.45, 7) is 2.98. The minimum Gasteiger partial charge on any atom is -0.508 e. The molecular weight excluding hydrogens is 272 g/mol. The Bertz CT molecular complexity index is 971. The number of aromatic amines is 1. The number of nitrogens with one attached hydrogen (secondary N) is 1. The first-order valence-corrected chi connectivity index (χ1v) is 7.40. The number of aromatic nitrogens is 2. The summed E-state index contributed by atoms with van der Waals surface area (Å²) in [5, 5.41) is 12.0. The maximum atomic E-state index is 9.65. The highest BCUT2D eigenvalue weighted by Crippen LogP contribution is 2.28. The van der Waals surface area contributed by atoms with Crippen LogP contribution in [-0.4, -0.2) is 10.1 Å². The van der Waals surface area contributed by atoms with Crippen molar-refractivity contribution in [2.24, 2.45) is 0 Å². The lowest BCUT2D eigenvalue weighted by Crippen LogP contribution is -2.37. The molecule has 0 radical (unpaired) electrons. The number of pyridine rings is 1. The molecule has 2 aromatic heterocycles. The van der Waals surface area contributed by atoms with E-state index in [0.717, 1.165) is 23.0 Å².